The summed E-state index contributed by atoms with van der Waals surface area (Å²) in [5.74, 6) is -0.791. The van der Waals surface area contributed by atoms with Gasteiger partial charge in [0.15, 0.2) is 0 Å². The highest BCUT2D eigenvalue weighted by Crippen LogP contribution is 2.27. The molecule has 0 aliphatic carbocycles. The van der Waals surface area contributed by atoms with Crippen LogP contribution in [0.3, 0.4) is 0 Å². The molecule has 14 heavy (non-hydrogen) atoms. The van der Waals surface area contributed by atoms with Crippen molar-refractivity contribution >= 4 is 38.4 Å². The Morgan fingerprint density at radius 2 is 2.07 bits per heavy atom. The van der Waals surface area contributed by atoms with E-state index < -0.39 is 11.4 Å². The lowest BCUT2D eigenvalue weighted by Crippen LogP contribution is -2.14. The van der Waals surface area contributed by atoms with Crippen LogP contribution in [0.1, 0.15) is 0 Å². The Bertz CT molecular complexity index is 616. The Morgan fingerprint density at radius 3 is 2.79 bits per heavy atom. The first kappa shape index (κ1) is 9.48. The second-order valence-corrected chi connectivity index (χ2v) is 3.82. The molecule has 0 amide bonds. The highest BCUT2D eigenvalue weighted by molar-refractivity contribution is 9.10. The number of aromatic amines is 1. The van der Waals surface area contributed by atoms with Crippen LogP contribution in [0.4, 0.5) is 0 Å². The minimum Gasteiger partial charge on any atom is -0.372 e. The highest BCUT2D eigenvalue weighted by Gasteiger charge is 2.09. The average Bonchev–Trinajstić information content (AvgIpc) is 2.10. The van der Waals surface area contributed by atoms with E-state index in [2.05, 4.69) is 25.3 Å². The minimum atomic E-state index is -0.791. The molecule has 1 aromatic carbocycles. The third-order valence-electron chi connectivity index (χ3n) is 1.72. The molecule has 0 saturated heterocycles. The van der Waals surface area contributed by atoms with Gasteiger partial charge in [0.2, 0.25) is 0 Å². The second-order valence-electron chi connectivity index (χ2n) is 2.59. The summed E-state index contributed by atoms with van der Waals surface area (Å²) in [4.78, 5) is 24.5. The Kier molecular flexibility index (Phi) is 2.20. The van der Waals surface area contributed by atoms with E-state index >= 15 is 0 Å². The van der Waals surface area contributed by atoms with Gasteiger partial charge in [-0.3, -0.25) is 4.98 Å². The summed E-state index contributed by atoms with van der Waals surface area (Å²) >= 11 is 9.02. The van der Waals surface area contributed by atoms with Crippen molar-refractivity contribution in [1.82, 2.24) is 4.98 Å². The molecule has 0 unspecified atom stereocenters. The lowest BCUT2D eigenvalue weighted by atomic mass is 10.2. The molecule has 0 aliphatic rings. The van der Waals surface area contributed by atoms with Gasteiger partial charge >= 0.3 is 11.4 Å². The standard InChI is InChI=1S/C8H3BrClNO3/c9-3-1-2-4-5(6(3)10)7(12)14-8(13)11-4/h1-2H,(H,11,13). The van der Waals surface area contributed by atoms with Crippen molar-refractivity contribution in [2.75, 3.05) is 0 Å². The summed E-state index contributed by atoms with van der Waals surface area (Å²) in [5, 5.41) is 0.396. The minimum absolute atomic E-state index is 0.167. The first-order valence-electron chi connectivity index (χ1n) is 3.61. The van der Waals surface area contributed by atoms with E-state index in [0.717, 1.165) is 0 Å². The molecule has 0 spiro atoms. The Hall–Kier alpha value is -1.07. The van der Waals surface area contributed by atoms with Crippen molar-refractivity contribution < 1.29 is 4.42 Å². The molecule has 2 aromatic rings. The molecular formula is C8H3BrClNO3. The van der Waals surface area contributed by atoms with Crippen molar-refractivity contribution in [3.05, 3.63) is 42.6 Å². The number of fused-ring (bicyclic) bond motifs is 1. The van der Waals surface area contributed by atoms with Crippen molar-refractivity contribution in [2.45, 2.75) is 0 Å². The fourth-order valence-corrected chi connectivity index (χ4v) is 1.70. The van der Waals surface area contributed by atoms with E-state index in [4.69, 9.17) is 11.6 Å². The van der Waals surface area contributed by atoms with Gasteiger partial charge in [-0.05, 0) is 28.1 Å². The average molecular weight is 276 g/mol. The first-order valence-corrected chi connectivity index (χ1v) is 4.78. The summed E-state index contributed by atoms with van der Waals surface area (Å²) in [5.41, 5.74) is -0.380. The molecule has 2 rings (SSSR count). The molecule has 4 nitrogen and oxygen atoms in total. The zero-order valence-corrected chi connectivity index (χ0v) is 8.98. The van der Waals surface area contributed by atoms with E-state index in [1.807, 2.05) is 0 Å². The molecule has 6 heteroatoms. The maximum Gasteiger partial charge on any atom is 0.419 e. The molecule has 1 aromatic heterocycles. The third-order valence-corrected chi connectivity index (χ3v) is 3.00. The van der Waals surface area contributed by atoms with Gasteiger partial charge in [0.05, 0.1) is 10.5 Å². The zero-order valence-electron chi connectivity index (χ0n) is 6.64. The monoisotopic (exact) mass is 275 g/mol. The molecule has 0 fully saturated rings. The number of H-pyrrole nitrogens is 1. The summed E-state index contributed by atoms with van der Waals surface area (Å²) in [6.07, 6.45) is 0. The van der Waals surface area contributed by atoms with Gasteiger partial charge in [0.25, 0.3) is 0 Å². The maximum absolute atomic E-state index is 11.3. The first-order chi connectivity index (χ1) is 6.59. The summed E-state index contributed by atoms with van der Waals surface area (Å²) in [6, 6.07) is 3.21. The van der Waals surface area contributed by atoms with Crippen molar-refractivity contribution in [3.8, 4) is 0 Å². The number of aromatic nitrogens is 1. The Morgan fingerprint density at radius 1 is 1.36 bits per heavy atom. The van der Waals surface area contributed by atoms with Crippen molar-refractivity contribution in [1.29, 1.82) is 0 Å². The molecule has 72 valence electrons. The van der Waals surface area contributed by atoms with E-state index in [9.17, 15) is 9.59 Å². The van der Waals surface area contributed by atoms with Crippen LogP contribution in [0.2, 0.25) is 5.02 Å². The predicted octanol–water partition coefficient (Wildman–Crippen LogP) is 1.90. The molecule has 0 bridgehead atoms. The van der Waals surface area contributed by atoms with E-state index in [0.29, 0.717) is 9.99 Å². The van der Waals surface area contributed by atoms with Crippen LogP contribution in [0, 0.1) is 0 Å². The molecule has 0 aliphatic heterocycles. The molecule has 0 radical (unpaired) electrons. The molecule has 0 atom stereocenters. The number of benzene rings is 1. The van der Waals surface area contributed by atoms with Crippen LogP contribution >= 0.6 is 27.5 Å². The van der Waals surface area contributed by atoms with Gasteiger partial charge in [0.1, 0.15) is 5.39 Å². The van der Waals surface area contributed by atoms with Gasteiger partial charge in [-0.25, -0.2) is 9.59 Å². The fourth-order valence-electron chi connectivity index (χ4n) is 1.13. The lowest BCUT2D eigenvalue weighted by Gasteiger charge is -1.99. The van der Waals surface area contributed by atoms with Crippen LogP contribution in [0.15, 0.2) is 30.6 Å². The summed E-state index contributed by atoms with van der Waals surface area (Å²) in [6.45, 7) is 0. The lowest BCUT2D eigenvalue weighted by molar-refractivity contribution is 0.460. The molecular weight excluding hydrogens is 273 g/mol. The smallest absolute Gasteiger partial charge is 0.372 e. The quantitative estimate of drug-likeness (QED) is 0.799. The topological polar surface area (TPSA) is 63.1 Å². The van der Waals surface area contributed by atoms with Gasteiger partial charge < -0.3 is 4.42 Å². The fraction of sp³-hybridized carbons (Fsp3) is 0. The number of hydrogen-bond donors (Lipinski definition) is 1. The molecule has 0 saturated carbocycles. The highest BCUT2D eigenvalue weighted by atomic mass is 79.9. The van der Waals surface area contributed by atoms with Crippen LogP contribution in [-0.4, -0.2) is 4.98 Å². The molecule has 1 heterocycles. The number of nitrogens with one attached hydrogen (secondary N) is 1. The van der Waals surface area contributed by atoms with Crippen LogP contribution in [0.25, 0.3) is 10.9 Å². The molecule has 1 N–H and O–H groups in total. The largest absolute Gasteiger partial charge is 0.419 e. The van der Waals surface area contributed by atoms with E-state index in [1.54, 1.807) is 12.1 Å². The van der Waals surface area contributed by atoms with Gasteiger partial charge in [-0.1, -0.05) is 11.6 Å². The van der Waals surface area contributed by atoms with Gasteiger partial charge in [-0.2, -0.15) is 0 Å². The number of rotatable bonds is 0. The van der Waals surface area contributed by atoms with Crippen LogP contribution < -0.4 is 11.4 Å². The van der Waals surface area contributed by atoms with Gasteiger partial charge in [-0.15, -0.1) is 0 Å². The number of hydrogen-bond acceptors (Lipinski definition) is 3. The number of halogens is 2. The second kappa shape index (κ2) is 3.25. The maximum atomic E-state index is 11.3. The SMILES string of the molecule is O=c1[nH]c2ccc(Br)c(Cl)c2c(=O)o1. The normalized spacial score (nSPS) is 10.7. The Balaban J connectivity index is 3.11. The van der Waals surface area contributed by atoms with Crippen LogP contribution in [-0.2, 0) is 0 Å². The van der Waals surface area contributed by atoms with Crippen molar-refractivity contribution in [2.24, 2.45) is 0 Å². The summed E-state index contributed by atoms with van der Waals surface area (Å²) < 4.78 is 4.93. The summed E-state index contributed by atoms with van der Waals surface area (Å²) in [7, 11) is 0. The Labute approximate surface area is 90.6 Å². The van der Waals surface area contributed by atoms with E-state index in [1.165, 1.54) is 0 Å². The van der Waals surface area contributed by atoms with Crippen LogP contribution in [0.5, 0.6) is 0 Å². The predicted molar refractivity (Wildman–Crippen MR) is 55.8 cm³/mol. The zero-order chi connectivity index (χ0) is 10.3. The van der Waals surface area contributed by atoms with Gasteiger partial charge in [0, 0.05) is 4.47 Å². The third kappa shape index (κ3) is 1.38. The van der Waals surface area contributed by atoms with Crippen molar-refractivity contribution in [3.63, 3.8) is 0 Å². The van der Waals surface area contributed by atoms with E-state index in [-0.39, 0.29) is 10.4 Å².